The molecule has 0 aromatic heterocycles. The van der Waals surface area contributed by atoms with Crippen LogP contribution in [-0.4, -0.2) is 43.6 Å². The molecular formula is C17H26N2O2. The fourth-order valence-corrected chi connectivity index (χ4v) is 2.86. The first kappa shape index (κ1) is 15.8. The summed E-state index contributed by atoms with van der Waals surface area (Å²) in [5.74, 6) is 0.871. The van der Waals surface area contributed by atoms with Crippen LogP contribution in [0.5, 0.6) is 5.75 Å². The van der Waals surface area contributed by atoms with E-state index in [1.807, 2.05) is 24.3 Å². The molecule has 2 rings (SSSR count). The van der Waals surface area contributed by atoms with Crippen molar-refractivity contribution in [1.82, 2.24) is 10.2 Å². The number of rotatable bonds is 6. The van der Waals surface area contributed by atoms with Crippen LogP contribution in [0, 0.1) is 0 Å². The average molecular weight is 290 g/mol. The van der Waals surface area contributed by atoms with Crippen LogP contribution < -0.4 is 10.1 Å². The maximum Gasteiger partial charge on any atom is 0.224 e. The Balaban J connectivity index is 1.71. The predicted octanol–water partition coefficient (Wildman–Crippen LogP) is 2.23. The Morgan fingerprint density at radius 2 is 2.29 bits per heavy atom. The first-order chi connectivity index (χ1) is 10.2. The molecule has 4 heteroatoms. The highest BCUT2D eigenvalue weighted by atomic mass is 16.5. The van der Waals surface area contributed by atoms with Gasteiger partial charge >= 0.3 is 0 Å². The predicted molar refractivity (Wildman–Crippen MR) is 84.6 cm³/mol. The topological polar surface area (TPSA) is 41.6 Å². The second kappa shape index (κ2) is 8.03. The molecule has 1 aromatic rings. The number of nitrogens with one attached hydrogen (secondary N) is 1. The molecule has 1 fully saturated rings. The number of amides is 1. The SMILES string of the molecule is COc1cccc(CC(=O)NCCN2CCCC[C@@H]2C)c1. The quantitative estimate of drug-likeness (QED) is 0.873. The third kappa shape index (κ3) is 5.05. The number of likely N-dealkylation sites (tertiary alicyclic amines) is 1. The highest BCUT2D eigenvalue weighted by molar-refractivity contribution is 5.78. The van der Waals surface area contributed by atoms with Gasteiger partial charge in [0.1, 0.15) is 5.75 Å². The number of carbonyl (C=O) groups excluding carboxylic acids is 1. The minimum Gasteiger partial charge on any atom is -0.497 e. The molecule has 0 saturated carbocycles. The van der Waals surface area contributed by atoms with Gasteiger partial charge in [-0.3, -0.25) is 9.69 Å². The number of piperidine rings is 1. The van der Waals surface area contributed by atoms with Crippen molar-refractivity contribution in [3.8, 4) is 5.75 Å². The van der Waals surface area contributed by atoms with E-state index in [4.69, 9.17) is 4.74 Å². The summed E-state index contributed by atoms with van der Waals surface area (Å²) >= 11 is 0. The standard InChI is InChI=1S/C17H26N2O2/c1-14-6-3-4-10-19(14)11-9-18-17(20)13-15-7-5-8-16(12-15)21-2/h5,7-8,12,14H,3-4,6,9-11,13H2,1-2H3,(H,18,20)/t14-/m0/s1. The van der Waals surface area contributed by atoms with Crippen LogP contribution in [0.4, 0.5) is 0 Å². The molecule has 116 valence electrons. The molecule has 0 aliphatic carbocycles. The first-order valence-corrected chi connectivity index (χ1v) is 7.82. The lowest BCUT2D eigenvalue weighted by molar-refractivity contribution is -0.120. The molecular weight excluding hydrogens is 264 g/mol. The number of methoxy groups -OCH3 is 1. The van der Waals surface area contributed by atoms with E-state index in [1.54, 1.807) is 7.11 Å². The van der Waals surface area contributed by atoms with Crippen molar-refractivity contribution >= 4 is 5.91 Å². The fourth-order valence-electron chi connectivity index (χ4n) is 2.86. The summed E-state index contributed by atoms with van der Waals surface area (Å²) in [6.45, 7) is 5.11. The van der Waals surface area contributed by atoms with E-state index in [2.05, 4.69) is 17.1 Å². The van der Waals surface area contributed by atoms with E-state index >= 15 is 0 Å². The molecule has 1 aliphatic rings. The maximum atomic E-state index is 12.0. The van der Waals surface area contributed by atoms with Crippen LogP contribution in [0.1, 0.15) is 31.7 Å². The maximum absolute atomic E-state index is 12.0. The average Bonchev–Trinajstić information content (AvgIpc) is 2.49. The third-order valence-electron chi connectivity index (χ3n) is 4.16. The van der Waals surface area contributed by atoms with Crippen molar-refractivity contribution in [2.75, 3.05) is 26.7 Å². The number of carbonyl (C=O) groups is 1. The van der Waals surface area contributed by atoms with Crippen LogP contribution in [0.2, 0.25) is 0 Å². The summed E-state index contributed by atoms with van der Waals surface area (Å²) < 4.78 is 5.17. The number of nitrogens with zero attached hydrogens (tertiary/aromatic N) is 1. The lowest BCUT2D eigenvalue weighted by atomic mass is 10.0. The Kier molecular flexibility index (Phi) is 6.05. The Morgan fingerprint density at radius 1 is 1.43 bits per heavy atom. The van der Waals surface area contributed by atoms with Crippen molar-refractivity contribution in [1.29, 1.82) is 0 Å². The smallest absolute Gasteiger partial charge is 0.224 e. The molecule has 1 heterocycles. The van der Waals surface area contributed by atoms with Crippen LogP contribution in [0.15, 0.2) is 24.3 Å². The normalized spacial score (nSPS) is 19.2. The van der Waals surface area contributed by atoms with Crippen LogP contribution in [0.3, 0.4) is 0 Å². The molecule has 0 spiro atoms. The number of ether oxygens (including phenoxy) is 1. The summed E-state index contributed by atoms with van der Waals surface area (Å²) in [5, 5.41) is 3.02. The zero-order valence-corrected chi connectivity index (χ0v) is 13.1. The number of benzene rings is 1. The van der Waals surface area contributed by atoms with Crippen molar-refractivity contribution in [3.63, 3.8) is 0 Å². The molecule has 1 saturated heterocycles. The van der Waals surface area contributed by atoms with Gasteiger partial charge in [0.05, 0.1) is 13.5 Å². The van der Waals surface area contributed by atoms with Crippen LogP contribution >= 0.6 is 0 Å². The second-order valence-corrected chi connectivity index (χ2v) is 5.76. The Hall–Kier alpha value is -1.55. The molecule has 1 aromatic carbocycles. The minimum atomic E-state index is 0.0768. The number of hydrogen-bond acceptors (Lipinski definition) is 3. The molecule has 0 radical (unpaired) electrons. The third-order valence-corrected chi connectivity index (χ3v) is 4.16. The molecule has 0 bridgehead atoms. The minimum absolute atomic E-state index is 0.0768. The molecule has 1 atom stereocenters. The van der Waals surface area contributed by atoms with Gasteiger partial charge in [-0.25, -0.2) is 0 Å². The Bertz CT molecular complexity index is 462. The summed E-state index contributed by atoms with van der Waals surface area (Å²) in [5.41, 5.74) is 0.984. The Morgan fingerprint density at radius 3 is 3.05 bits per heavy atom. The van der Waals surface area contributed by atoms with Gasteiger partial charge in [-0.15, -0.1) is 0 Å². The fraction of sp³-hybridized carbons (Fsp3) is 0.588. The van der Waals surface area contributed by atoms with E-state index in [0.29, 0.717) is 12.5 Å². The lowest BCUT2D eigenvalue weighted by Crippen LogP contribution is -2.42. The van der Waals surface area contributed by atoms with Gasteiger partial charge < -0.3 is 10.1 Å². The van der Waals surface area contributed by atoms with Gasteiger partial charge in [-0.05, 0) is 44.0 Å². The van der Waals surface area contributed by atoms with Gasteiger partial charge in [0.2, 0.25) is 5.91 Å². The van der Waals surface area contributed by atoms with Crippen molar-refractivity contribution in [2.45, 2.75) is 38.6 Å². The Labute approximate surface area is 127 Å². The molecule has 4 nitrogen and oxygen atoms in total. The highest BCUT2D eigenvalue weighted by Gasteiger charge is 2.17. The van der Waals surface area contributed by atoms with Gasteiger partial charge in [0, 0.05) is 19.1 Å². The van der Waals surface area contributed by atoms with Gasteiger partial charge in [0.25, 0.3) is 0 Å². The molecule has 1 N–H and O–H groups in total. The summed E-state index contributed by atoms with van der Waals surface area (Å²) in [4.78, 5) is 14.4. The molecule has 1 aliphatic heterocycles. The van der Waals surface area contributed by atoms with Gasteiger partial charge in [-0.1, -0.05) is 18.6 Å². The van der Waals surface area contributed by atoms with Crippen LogP contribution in [0.25, 0.3) is 0 Å². The van der Waals surface area contributed by atoms with Crippen molar-refractivity contribution < 1.29 is 9.53 Å². The molecule has 21 heavy (non-hydrogen) atoms. The highest BCUT2D eigenvalue weighted by Crippen LogP contribution is 2.15. The second-order valence-electron chi connectivity index (χ2n) is 5.76. The summed E-state index contributed by atoms with van der Waals surface area (Å²) in [6, 6.07) is 8.31. The van der Waals surface area contributed by atoms with Crippen molar-refractivity contribution in [3.05, 3.63) is 29.8 Å². The van der Waals surface area contributed by atoms with Gasteiger partial charge in [-0.2, -0.15) is 0 Å². The largest absolute Gasteiger partial charge is 0.497 e. The van der Waals surface area contributed by atoms with E-state index in [9.17, 15) is 4.79 Å². The zero-order valence-electron chi connectivity index (χ0n) is 13.1. The van der Waals surface area contributed by atoms with Crippen molar-refractivity contribution in [2.24, 2.45) is 0 Å². The zero-order chi connectivity index (χ0) is 15.1. The lowest BCUT2D eigenvalue weighted by Gasteiger charge is -2.33. The van der Waals surface area contributed by atoms with Gasteiger partial charge in [0.15, 0.2) is 0 Å². The monoisotopic (exact) mass is 290 g/mol. The summed E-state index contributed by atoms with van der Waals surface area (Å²) in [7, 11) is 1.64. The first-order valence-electron chi connectivity index (χ1n) is 7.82. The van der Waals surface area contributed by atoms with Crippen LogP contribution in [-0.2, 0) is 11.2 Å². The summed E-state index contributed by atoms with van der Waals surface area (Å²) in [6.07, 6.45) is 4.30. The van der Waals surface area contributed by atoms with E-state index < -0.39 is 0 Å². The van der Waals surface area contributed by atoms with E-state index in [1.165, 1.54) is 19.3 Å². The number of hydrogen-bond donors (Lipinski definition) is 1. The van der Waals surface area contributed by atoms with E-state index in [0.717, 1.165) is 30.9 Å². The van der Waals surface area contributed by atoms with E-state index in [-0.39, 0.29) is 5.91 Å². The molecule has 1 amide bonds. The molecule has 0 unspecified atom stereocenters.